The molecule has 0 aromatic heterocycles. The molecule has 0 bridgehead atoms. The Balaban J connectivity index is 1.96. The van der Waals surface area contributed by atoms with Gasteiger partial charge >= 0.3 is 0 Å². The summed E-state index contributed by atoms with van der Waals surface area (Å²) in [4.78, 5) is 4.39. The van der Waals surface area contributed by atoms with Crippen molar-refractivity contribution in [1.82, 2.24) is 10.6 Å². The first-order chi connectivity index (χ1) is 7.90. The molecular weight excluding hydrogens is 198 g/mol. The van der Waals surface area contributed by atoms with E-state index in [0.29, 0.717) is 0 Å². The Morgan fingerprint density at radius 1 is 1.31 bits per heavy atom. The Bertz CT molecular complexity index is 371. The van der Waals surface area contributed by atoms with Gasteiger partial charge in [0.2, 0.25) is 0 Å². The lowest BCUT2D eigenvalue weighted by Gasteiger charge is -2.17. The predicted octanol–water partition coefficient (Wildman–Crippen LogP) is 1.69. The number of aryl methyl sites for hydroxylation is 1. The summed E-state index contributed by atoms with van der Waals surface area (Å²) in [6.07, 6.45) is 2.22. The van der Waals surface area contributed by atoms with E-state index < -0.39 is 0 Å². The molecule has 1 heterocycles. The fraction of sp³-hybridized carbons (Fsp3) is 0.462. The topological polar surface area (TPSA) is 36.4 Å². The molecule has 0 amide bonds. The molecule has 1 aromatic carbocycles. The van der Waals surface area contributed by atoms with Crippen molar-refractivity contribution < 1.29 is 0 Å². The largest absolute Gasteiger partial charge is 0.356 e. The smallest absolute Gasteiger partial charge is 0.191 e. The van der Waals surface area contributed by atoms with E-state index in [1.807, 2.05) is 0 Å². The Morgan fingerprint density at radius 2 is 2.12 bits per heavy atom. The number of hydrogen-bond acceptors (Lipinski definition) is 3. The zero-order chi connectivity index (χ0) is 11.2. The monoisotopic (exact) mass is 217 g/mol. The summed E-state index contributed by atoms with van der Waals surface area (Å²) in [7, 11) is 0. The summed E-state index contributed by atoms with van der Waals surface area (Å²) in [5.41, 5.74) is 2.77. The van der Waals surface area contributed by atoms with E-state index >= 15 is 0 Å². The standard InChI is InChI=1S/C13H19N3/c1-2-11-6-3-4-7-12(11)10-16-13-14-8-5-9-15-13/h3-4,6-7H,2,5,8-10H2,1H3,(H2,14,15,16). The van der Waals surface area contributed by atoms with Crippen molar-refractivity contribution in [2.45, 2.75) is 26.3 Å². The zero-order valence-electron chi connectivity index (χ0n) is 9.79. The number of guanidine groups is 1. The molecule has 3 nitrogen and oxygen atoms in total. The van der Waals surface area contributed by atoms with Gasteiger partial charge in [-0.3, -0.25) is 4.99 Å². The molecule has 2 N–H and O–H groups in total. The van der Waals surface area contributed by atoms with Gasteiger partial charge < -0.3 is 10.6 Å². The summed E-state index contributed by atoms with van der Waals surface area (Å²) in [6, 6.07) is 8.55. The van der Waals surface area contributed by atoms with Crippen LogP contribution in [0.4, 0.5) is 0 Å². The molecule has 0 spiro atoms. The van der Waals surface area contributed by atoms with Gasteiger partial charge in [0.15, 0.2) is 5.96 Å². The van der Waals surface area contributed by atoms with Crippen molar-refractivity contribution in [1.29, 1.82) is 0 Å². The van der Waals surface area contributed by atoms with Gasteiger partial charge in [0.05, 0.1) is 0 Å². The molecule has 16 heavy (non-hydrogen) atoms. The van der Waals surface area contributed by atoms with Gasteiger partial charge in [0.1, 0.15) is 0 Å². The molecule has 0 atom stereocenters. The van der Waals surface area contributed by atoms with Crippen molar-refractivity contribution in [3.8, 4) is 0 Å². The Hall–Kier alpha value is -1.51. The van der Waals surface area contributed by atoms with Crippen molar-refractivity contribution in [3.63, 3.8) is 0 Å². The number of nitrogens with one attached hydrogen (secondary N) is 2. The third-order valence-electron chi connectivity index (χ3n) is 2.84. The van der Waals surface area contributed by atoms with Crippen LogP contribution in [-0.2, 0) is 13.0 Å². The number of benzene rings is 1. The van der Waals surface area contributed by atoms with Crippen LogP contribution in [0.2, 0.25) is 0 Å². The first-order valence-electron chi connectivity index (χ1n) is 5.99. The summed E-state index contributed by atoms with van der Waals surface area (Å²) >= 11 is 0. The number of rotatable bonds is 3. The van der Waals surface area contributed by atoms with E-state index in [9.17, 15) is 0 Å². The molecule has 0 radical (unpaired) electrons. The lowest BCUT2D eigenvalue weighted by molar-refractivity contribution is 0.701. The van der Waals surface area contributed by atoms with Crippen LogP contribution in [0, 0.1) is 0 Å². The van der Waals surface area contributed by atoms with Gasteiger partial charge in [-0.25, -0.2) is 0 Å². The highest BCUT2D eigenvalue weighted by Gasteiger charge is 2.04. The van der Waals surface area contributed by atoms with Crippen LogP contribution in [0.1, 0.15) is 24.5 Å². The molecule has 1 aromatic rings. The number of aliphatic imine (C=N–C) groups is 1. The average Bonchev–Trinajstić information content (AvgIpc) is 2.38. The zero-order valence-corrected chi connectivity index (χ0v) is 9.79. The SMILES string of the molecule is CCc1ccccc1CNC1=NCCCN1. The van der Waals surface area contributed by atoms with E-state index in [1.165, 1.54) is 11.1 Å². The molecule has 0 unspecified atom stereocenters. The van der Waals surface area contributed by atoms with Gasteiger partial charge in [-0.2, -0.15) is 0 Å². The van der Waals surface area contributed by atoms with Crippen LogP contribution in [-0.4, -0.2) is 19.0 Å². The van der Waals surface area contributed by atoms with Gasteiger partial charge in [0, 0.05) is 19.6 Å². The number of nitrogens with zero attached hydrogens (tertiary/aromatic N) is 1. The minimum atomic E-state index is 0.857. The first kappa shape index (κ1) is 11.0. The Morgan fingerprint density at radius 3 is 2.81 bits per heavy atom. The van der Waals surface area contributed by atoms with Crippen LogP contribution >= 0.6 is 0 Å². The summed E-state index contributed by atoms with van der Waals surface area (Å²) < 4.78 is 0. The second kappa shape index (κ2) is 5.54. The molecule has 0 aliphatic carbocycles. The van der Waals surface area contributed by atoms with E-state index in [-0.39, 0.29) is 0 Å². The maximum atomic E-state index is 4.39. The molecule has 1 aliphatic rings. The quantitative estimate of drug-likeness (QED) is 0.808. The summed E-state index contributed by atoms with van der Waals surface area (Å²) in [6.45, 7) is 5.01. The van der Waals surface area contributed by atoms with Gasteiger partial charge in [0.25, 0.3) is 0 Å². The highest BCUT2D eigenvalue weighted by molar-refractivity contribution is 5.80. The van der Waals surface area contributed by atoms with Crippen LogP contribution in [0.5, 0.6) is 0 Å². The molecule has 86 valence electrons. The maximum Gasteiger partial charge on any atom is 0.191 e. The lowest BCUT2D eigenvalue weighted by atomic mass is 10.1. The van der Waals surface area contributed by atoms with Crippen molar-refractivity contribution >= 4 is 5.96 Å². The van der Waals surface area contributed by atoms with Crippen LogP contribution in [0.25, 0.3) is 0 Å². The molecular formula is C13H19N3. The minimum Gasteiger partial charge on any atom is -0.356 e. The van der Waals surface area contributed by atoms with E-state index in [1.54, 1.807) is 0 Å². The second-order valence-corrected chi connectivity index (χ2v) is 3.99. The van der Waals surface area contributed by atoms with E-state index in [0.717, 1.165) is 38.4 Å². The molecule has 2 rings (SSSR count). The molecule has 0 saturated carbocycles. The van der Waals surface area contributed by atoms with Crippen molar-refractivity contribution in [2.75, 3.05) is 13.1 Å². The molecule has 0 saturated heterocycles. The molecule has 3 heteroatoms. The van der Waals surface area contributed by atoms with Crippen LogP contribution in [0.3, 0.4) is 0 Å². The summed E-state index contributed by atoms with van der Waals surface area (Å²) in [5, 5.41) is 6.62. The fourth-order valence-corrected chi connectivity index (χ4v) is 1.90. The highest BCUT2D eigenvalue weighted by atomic mass is 15.2. The van der Waals surface area contributed by atoms with E-state index in [2.05, 4.69) is 46.8 Å². The van der Waals surface area contributed by atoms with Crippen molar-refractivity contribution in [2.24, 2.45) is 4.99 Å². The van der Waals surface area contributed by atoms with E-state index in [4.69, 9.17) is 0 Å². The summed E-state index contributed by atoms with van der Waals surface area (Å²) in [5.74, 6) is 0.942. The molecule has 1 aliphatic heterocycles. The fourth-order valence-electron chi connectivity index (χ4n) is 1.90. The van der Waals surface area contributed by atoms with Gasteiger partial charge in [-0.05, 0) is 24.0 Å². The Labute approximate surface area is 97.0 Å². The van der Waals surface area contributed by atoms with Crippen LogP contribution < -0.4 is 10.6 Å². The normalized spacial score (nSPS) is 15.2. The first-order valence-corrected chi connectivity index (χ1v) is 5.99. The number of hydrogen-bond donors (Lipinski definition) is 2. The maximum absolute atomic E-state index is 4.39. The second-order valence-electron chi connectivity index (χ2n) is 3.99. The third-order valence-corrected chi connectivity index (χ3v) is 2.84. The van der Waals surface area contributed by atoms with Gasteiger partial charge in [-0.1, -0.05) is 31.2 Å². The van der Waals surface area contributed by atoms with Gasteiger partial charge in [-0.15, -0.1) is 0 Å². The van der Waals surface area contributed by atoms with Crippen LogP contribution in [0.15, 0.2) is 29.3 Å². The Kier molecular flexibility index (Phi) is 3.81. The molecule has 0 fully saturated rings. The third kappa shape index (κ3) is 2.75. The lowest BCUT2D eigenvalue weighted by Crippen LogP contribution is -2.40. The minimum absolute atomic E-state index is 0.857. The highest BCUT2D eigenvalue weighted by Crippen LogP contribution is 2.08. The predicted molar refractivity (Wildman–Crippen MR) is 67.6 cm³/mol. The van der Waals surface area contributed by atoms with Crippen molar-refractivity contribution in [3.05, 3.63) is 35.4 Å². The average molecular weight is 217 g/mol.